The number of para-hydroxylation sites is 1. The second-order valence-corrected chi connectivity index (χ2v) is 6.75. The molecule has 0 radical (unpaired) electrons. The Kier molecular flexibility index (Phi) is 6.44. The quantitative estimate of drug-likeness (QED) is 0.783. The molecule has 1 aliphatic heterocycles. The van der Waals surface area contributed by atoms with Gasteiger partial charge in [0.2, 0.25) is 5.91 Å². The molecule has 0 atom stereocenters. The molecule has 6 nitrogen and oxygen atoms in total. The molecule has 6 heteroatoms. The van der Waals surface area contributed by atoms with Crippen LogP contribution in [0.1, 0.15) is 28.8 Å². The highest BCUT2D eigenvalue weighted by Gasteiger charge is 2.22. The van der Waals surface area contributed by atoms with Crippen LogP contribution in [0.15, 0.2) is 54.6 Å². The maximum atomic E-state index is 12.7. The smallest absolute Gasteiger partial charge is 0.251 e. The first-order valence-electron chi connectivity index (χ1n) is 9.19. The van der Waals surface area contributed by atoms with Crippen molar-refractivity contribution in [2.75, 3.05) is 19.6 Å². The van der Waals surface area contributed by atoms with E-state index in [0.29, 0.717) is 12.2 Å². The number of amides is 2. The van der Waals surface area contributed by atoms with Crippen LogP contribution in [-0.2, 0) is 11.4 Å². The number of primary amides is 1. The molecule has 1 saturated heterocycles. The van der Waals surface area contributed by atoms with Gasteiger partial charge < -0.3 is 15.8 Å². The van der Waals surface area contributed by atoms with Crippen LogP contribution < -0.4 is 15.8 Å². The summed E-state index contributed by atoms with van der Waals surface area (Å²) in [6.45, 7) is 2.13. The van der Waals surface area contributed by atoms with Gasteiger partial charge in [-0.2, -0.15) is 0 Å². The Morgan fingerprint density at radius 3 is 2.41 bits per heavy atom. The number of hydrogen-bond donors (Lipinski definition) is 2. The Morgan fingerprint density at radius 2 is 1.70 bits per heavy atom. The first-order valence-corrected chi connectivity index (χ1v) is 9.19. The topological polar surface area (TPSA) is 84.7 Å². The first-order chi connectivity index (χ1) is 13.1. The maximum absolute atomic E-state index is 12.7. The summed E-state index contributed by atoms with van der Waals surface area (Å²) in [5.74, 6) is 0.370. The normalized spacial score (nSPS) is 15.3. The number of carbonyl (C=O) groups excluding carboxylic acids is 2. The maximum Gasteiger partial charge on any atom is 0.251 e. The molecule has 2 amide bonds. The van der Waals surface area contributed by atoms with Crippen LogP contribution in [-0.4, -0.2) is 42.4 Å². The summed E-state index contributed by atoms with van der Waals surface area (Å²) in [5, 5.41) is 3.11. The number of hydrogen-bond acceptors (Lipinski definition) is 4. The molecule has 1 aliphatic rings. The Bertz CT molecular complexity index is 771. The fraction of sp³-hybridized carbons (Fsp3) is 0.333. The Morgan fingerprint density at radius 1 is 1.04 bits per heavy atom. The van der Waals surface area contributed by atoms with Gasteiger partial charge in [0.1, 0.15) is 12.4 Å². The number of rotatable bonds is 7. The molecule has 1 heterocycles. The van der Waals surface area contributed by atoms with Crippen LogP contribution in [0.5, 0.6) is 5.75 Å². The van der Waals surface area contributed by atoms with Gasteiger partial charge in [-0.1, -0.05) is 36.4 Å². The SMILES string of the molecule is NC(=O)CN1CCC(NC(=O)c2ccccc2COc2ccccc2)CC1. The second kappa shape index (κ2) is 9.19. The molecule has 3 N–H and O–H groups in total. The third-order valence-electron chi connectivity index (χ3n) is 4.70. The number of nitrogens with two attached hydrogens (primary N) is 1. The molecule has 0 aliphatic carbocycles. The van der Waals surface area contributed by atoms with Crippen molar-refractivity contribution < 1.29 is 14.3 Å². The minimum atomic E-state index is -0.315. The lowest BCUT2D eigenvalue weighted by Crippen LogP contribution is -2.46. The first kappa shape index (κ1) is 18.9. The van der Waals surface area contributed by atoms with Gasteiger partial charge in [-0.25, -0.2) is 0 Å². The molecule has 0 spiro atoms. The average Bonchev–Trinajstić information content (AvgIpc) is 2.68. The van der Waals surface area contributed by atoms with E-state index in [4.69, 9.17) is 10.5 Å². The Balaban J connectivity index is 1.56. The molecule has 0 aromatic heterocycles. The summed E-state index contributed by atoms with van der Waals surface area (Å²) < 4.78 is 5.79. The number of piperidine rings is 1. The summed E-state index contributed by atoms with van der Waals surface area (Å²) in [7, 11) is 0. The Hall–Kier alpha value is -2.86. The lowest BCUT2D eigenvalue weighted by Gasteiger charge is -2.31. The van der Waals surface area contributed by atoms with Crippen molar-refractivity contribution in [2.45, 2.75) is 25.5 Å². The Labute approximate surface area is 159 Å². The van der Waals surface area contributed by atoms with E-state index in [9.17, 15) is 9.59 Å². The van der Waals surface area contributed by atoms with Crippen molar-refractivity contribution >= 4 is 11.8 Å². The van der Waals surface area contributed by atoms with E-state index in [0.717, 1.165) is 37.2 Å². The molecular formula is C21H25N3O3. The van der Waals surface area contributed by atoms with Gasteiger partial charge in [0.15, 0.2) is 0 Å². The molecule has 3 rings (SSSR count). The van der Waals surface area contributed by atoms with E-state index in [-0.39, 0.29) is 24.4 Å². The summed E-state index contributed by atoms with van der Waals surface area (Å²) in [6.07, 6.45) is 1.61. The summed E-state index contributed by atoms with van der Waals surface area (Å²) in [6, 6.07) is 17.1. The molecule has 0 saturated carbocycles. The third-order valence-corrected chi connectivity index (χ3v) is 4.70. The van der Waals surface area contributed by atoms with Crippen LogP contribution in [0, 0.1) is 0 Å². The fourth-order valence-electron chi connectivity index (χ4n) is 3.26. The number of nitrogens with zero attached hydrogens (tertiary/aromatic N) is 1. The average molecular weight is 367 g/mol. The second-order valence-electron chi connectivity index (χ2n) is 6.75. The van der Waals surface area contributed by atoms with E-state index in [2.05, 4.69) is 5.32 Å². The predicted molar refractivity (Wildman–Crippen MR) is 103 cm³/mol. The minimum Gasteiger partial charge on any atom is -0.489 e. The van der Waals surface area contributed by atoms with Gasteiger partial charge in [0, 0.05) is 30.3 Å². The van der Waals surface area contributed by atoms with Gasteiger partial charge >= 0.3 is 0 Å². The number of benzene rings is 2. The highest BCUT2D eigenvalue weighted by molar-refractivity contribution is 5.95. The minimum absolute atomic E-state index is 0.0874. The van der Waals surface area contributed by atoms with E-state index in [1.807, 2.05) is 59.5 Å². The van der Waals surface area contributed by atoms with Crippen LogP contribution >= 0.6 is 0 Å². The van der Waals surface area contributed by atoms with Crippen LogP contribution in [0.2, 0.25) is 0 Å². The van der Waals surface area contributed by atoms with Crippen LogP contribution in [0.25, 0.3) is 0 Å². The van der Waals surface area contributed by atoms with Gasteiger partial charge in [-0.05, 0) is 31.0 Å². The molecular weight excluding hydrogens is 342 g/mol. The fourth-order valence-corrected chi connectivity index (χ4v) is 3.26. The monoisotopic (exact) mass is 367 g/mol. The standard InChI is InChI=1S/C21H25N3O3/c22-20(25)14-24-12-10-17(11-13-24)23-21(26)19-9-5-4-6-16(19)15-27-18-7-2-1-3-8-18/h1-9,17H,10-15H2,(H2,22,25)(H,23,26). The van der Waals surface area contributed by atoms with Crippen molar-refractivity contribution in [3.8, 4) is 5.75 Å². The summed E-state index contributed by atoms with van der Waals surface area (Å²) in [5.41, 5.74) is 6.72. The van der Waals surface area contributed by atoms with Gasteiger partial charge in [0.25, 0.3) is 5.91 Å². The van der Waals surface area contributed by atoms with E-state index in [1.54, 1.807) is 0 Å². The highest BCUT2D eigenvalue weighted by Crippen LogP contribution is 2.16. The molecule has 1 fully saturated rings. The summed E-state index contributed by atoms with van der Waals surface area (Å²) >= 11 is 0. The predicted octanol–water partition coefficient (Wildman–Crippen LogP) is 1.95. The number of likely N-dealkylation sites (tertiary alicyclic amines) is 1. The largest absolute Gasteiger partial charge is 0.489 e. The van der Waals surface area contributed by atoms with Crippen molar-refractivity contribution in [2.24, 2.45) is 5.73 Å². The van der Waals surface area contributed by atoms with E-state index < -0.39 is 0 Å². The number of carbonyl (C=O) groups is 2. The molecule has 142 valence electrons. The van der Waals surface area contributed by atoms with E-state index in [1.165, 1.54) is 0 Å². The van der Waals surface area contributed by atoms with Gasteiger partial charge in [-0.3, -0.25) is 14.5 Å². The molecule has 0 unspecified atom stereocenters. The number of ether oxygens (including phenoxy) is 1. The third kappa shape index (κ3) is 5.56. The van der Waals surface area contributed by atoms with E-state index >= 15 is 0 Å². The zero-order valence-corrected chi connectivity index (χ0v) is 15.3. The lowest BCUT2D eigenvalue weighted by atomic mass is 10.0. The molecule has 2 aromatic rings. The highest BCUT2D eigenvalue weighted by atomic mass is 16.5. The van der Waals surface area contributed by atoms with Crippen molar-refractivity contribution in [1.82, 2.24) is 10.2 Å². The molecule has 2 aromatic carbocycles. The lowest BCUT2D eigenvalue weighted by molar-refractivity contribution is -0.119. The zero-order valence-electron chi connectivity index (χ0n) is 15.3. The van der Waals surface area contributed by atoms with Gasteiger partial charge in [0.05, 0.1) is 6.54 Å². The van der Waals surface area contributed by atoms with Crippen LogP contribution in [0.4, 0.5) is 0 Å². The van der Waals surface area contributed by atoms with Crippen LogP contribution in [0.3, 0.4) is 0 Å². The number of nitrogens with one attached hydrogen (secondary N) is 1. The molecule has 27 heavy (non-hydrogen) atoms. The summed E-state index contributed by atoms with van der Waals surface area (Å²) in [4.78, 5) is 25.8. The van der Waals surface area contributed by atoms with Crippen molar-refractivity contribution in [1.29, 1.82) is 0 Å². The van der Waals surface area contributed by atoms with Gasteiger partial charge in [-0.15, -0.1) is 0 Å². The molecule has 0 bridgehead atoms. The van der Waals surface area contributed by atoms with Crippen molar-refractivity contribution in [3.05, 3.63) is 65.7 Å². The van der Waals surface area contributed by atoms with Crippen molar-refractivity contribution in [3.63, 3.8) is 0 Å². The zero-order chi connectivity index (χ0) is 19.1.